The zero-order valence-corrected chi connectivity index (χ0v) is 12.2. The highest BCUT2D eigenvalue weighted by atomic mass is 32.2. The van der Waals surface area contributed by atoms with Crippen molar-refractivity contribution in [3.05, 3.63) is 36.7 Å². The Hall–Kier alpha value is -1.80. The highest BCUT2D eigenvalue weighted by Gasteiger charge is 2.21. The summed E-state index contributed by atoms with van der Waals surface area (Å²) < 4.78 is 28.7. The van der Waals surface area contributed by atoms with E-state index in [1.165, 1.54) is 24.8 Å². The Morgan fingerprint density at radius 1 is 1.45 bits per heavy atom. The van der Waals surface area contributed by atoms with Crippen molar-refractivity contribution in [1.82, 2.24) is 24.5 Å². The van der Waals surface area contributed by atoms with Gasteiger partial charge in [-0.05, 0) is 25.5 Å². The van der Waals surface area contributed by atoms with E-state index in [0.29, 0.717) is 12.4 Å². The number of sulfonamides is 1. The molecule has 2 aromatic rings. The monoisotopic (exact) mass is 295 g/mol. The number of nitrogens with one attached hydrogen (secondary N) is 1. The molecule has 0 spiro atoms. The molecule has 0 aliphatic rings. The molecule has 108 valence electrons. The third-order valence-electron chi connectivity index (χ3n) is 2.74. The first-order valence-electron chi connectivity index (χ1n) is 6.34. The second-order valence-electron chi connectivity index (χ2n) is 4.37. The van der Waals surface area contributed by atoms with Gasteiger partial charge in [-0.15, -0.1) is 0 Å². The molecule has 0 radical (unpaired) electrons. The van der Waals surface area contributed by atoms with E-state index in [-0.39, 0.29) is 4.90 Å². The molecule has 0 saturated carbocycles. The number of rotatable bonds is 6. The lowest BCUT2D eigenvalue weighted by Gasteiger charge is -2.14. The average Bonchev–Trinajstić information content (AvgIpc) is 2.88. The van der Waals surface area contributed by atoms with E-state index in [9.17, 15) is 8.42 Å². The molecule has 0 unspecified atom stereocenters. The minimum atomic E-state index is -3.61. The molecule has 0 aliphatic heterocycles. The fraction of sp³-hybridized carbons (Fsp3) is 0.417. The van der Waals surface area contributed by atoms with E-state index in [1.807, 2.05) is 6.92 Å². The van der Waals surface area contributed by atoms with E-state index in [4.69, 9.17) is 0 Å². The predicted molar refractivity (Wildman–Crippen MR) is 73.3 cm³/mol. The van der Waals surface area contributed by atoms with Crippen molar-refractivity contribution in [3.63, 3.8) is 0 Å². The van der Waals surface area contributed by atoms with Gasteiger partial charge in [0.15, 0.2) is 0 Å². The normalized spacial score (nSPS) is 13.3. The summed E-state index contributed by atoms with van der Waals surface area (Å²) in [6, 6.07) is 2.62. The number of nitrogens with zero attached hydrogens (tertiary/aromatic N) is 4. The van der Waals surface area contributed by atoms with Crippen LogP contribution in [-0.4, -0.2) is 28.2 Å². The van der Waals surface area contributed by atoms with Crippen LogP contribution >= 0.6 is 0 Å². The Morgan fingerprint density at radius 3 is 2.90 bits per heavy atom. The molecule has 2 rings (SSSR count). The van der Waals surface area contributed by atoms with Crippen molar-refractivity contribution < 1.29 is 8.42 Å². The number of aromatic nitrogens is 4. The smallest absolute Gasteiger partial charge is 0.242 e. The Labute approximate surface area is 118 Å². The number of hydrogen-bond donors (Lipinski definition) is 1. The highest BCUT2D eigenvalue weighted by Crippen LogP contribution is 2.14. The fourth-order valence-corrected chi connectivity index (χ4v) is 3.02. The summed E-state index contributed by atoms with van der Waals surface area (Å²) in [4.78, 5) is 8.07. The summed E-state index contributed by atoms with van der Waals surface area (Å²) in [5, 5.41) is 4.09. The van der Waals surface area contributed by atoms with Gasteiger partial charge in [-0.25, -0.2) is 22.8 Å². The van der Waals surface area contributed by atoms with Crippen molar-refractivity contribution in [1.29, 1.82) is 0 Å². The molecule has 2 heterocycles. The van der Waals surface area contributed by atoms with Gasteiger partial charge >= 0.3 is 0 Å². The van der Waals surface area contributed by atoms with Crippen LogP contribution in [0.15, 0.2) is 35.7 Å². The molecular weight excluding hydrogens is 278 g/mol. The largest absolute Gasteiger partial charge is 0.263 e. The highest BCUT2D eigenvalue weighted by molar-refractivity contribution is 7.89. The van der Waals surface area contributed by atoms with Gasteiger partial charge in [0.2, 0.25) is 10.0 Å². The van der Waals surface area contributed by atoms with Crippen molar-refractivity contribution in [2.24, 2.45) is 0 Å². The van der Waals surface area contributed by atoms with E-state index in [0.717, 1.165) is 6.42 Å². The van der Waals surface area contributed by atoms with Gasteiger partial charge in [-0.3, -0.25) is 4.98 Å². The zero-order chi connectivity index (χ0) is 14.6. The first-order valence-corrected chi connectivity index (χ1v) is 7.83. The molecule has 20 heavy (non-hydrogen) atoms. The van der Waals surface area contributed by atoms with Crippen molar-refractivity contribution in [2.45, 2.75) is 37.8 Å². The van der Waals surface area contributed by atoms with Crippen LogP contribution in [0.5, 0.6) is 0 Å². The summed E-state index contributed by atoms with van der Waals surface area (Å²) in [6.07, 6.45) is 5.17. The standard InChI is InChI=1S/C12H17N5O2S/c1-3-7-17-12(14-9-15-17)10(2)16-20(18,19)11-5-4-6-13-8-11/h4-6,8-10,16H,3,7H2,1-2H3/t10-/m0/s1. The second kappa shape index (κ2) is 6.10. The van der Waals surface area contributed by atoms with Crippen LogP contribution in [0.2, 0.25) is 0 Å². The van der Waals surface area contributed by atoms with Crippen LogP contribution < -0.4 is 4.72 Å². The van der Waals surface area contributed by atoms with Crippen LogP contribution in [-0.2, 0) is 16.6 Å². The Morgan fingerprint density at radius 2 is 2.25 bits per heavy atom. The quantitative estimate of drug-likeness (QED) is 0.862. The molecule has 0 fully saturated rings. The minimum absolute atomic E-state index is 0.133. The average molecular weight is 295 g/mol. The molecule has 0 saturated heterocycles. The van der Waals surface area contributed by atoms with Gasteiger partial charge < -0.3 is 0 Å². The van der Waals surface area contributed by atoms with Crippen molar-refractivity contribution in [3.8, 4) is 0 Å². The van der Waals surface area contributed by atoms with Gasteiger partial charge in [0, 0.05) is 18.9 Å². The van der Waals surface area contributed by atoms with Crippen LogP contribution in [0.1, 0.15) is 32.1 Å². The molecule has 2 aromatic heterocycles. The first kappa shape index (κ1) is 14.6. The lowest BCUT2D eigenvalue weighted by Crippen LogP contribution is -2.29. The molecular formula is C12H17N5O2S. The molecule has 0 aliphatic carbocycles. The third-order valence-corrected chi connectivity index (χ3v) is 4.27. The summed E-state index contributed by atoms with van der Waals surface area (Å²) in [5.74, 6) is 0.597. The van der Waals surface area contributed by atoms with Crippen molar-refractivity contribution in [2.75, 3.05) is 0 Å². The maximum atomic E-state index is 12.2. The maximum absolute atomic E-state index is 12.2. The fourth-order valence-electron chi connectivity index (χ4n) is 1.85. The van der Waals surface area contributed by atoms with Crippen LogP contribution in [0.3, 0.4) is 0 Å². The van der Waals surface area contributed by atoms with E-state index >= 15 is 0 Å². The van der Waals surface area contributed by atoms with E-state index in [1.54, 1.807) is 17.7 Å². The number of pyridine rings is 1. The first-order chi connectivity index (χ1) is 9.54. The molecule has 1 N–H and O–H groups in total. The van der Waals surface area contributed by atoms with Gasteiger partial charge in [0.05, 0.1) is 6.04 Å². The summed E-state index contributed by atoms with van der Waals surface area (Å²) in [6.45, 7) is 4.47. The Kier molecular flexibility index (Phi) is 4.46. The van der Waals surface area contributed by atoms with Gasteiger partial charge in [-0.1, -0.05) is 6.92 Å². The minimum Gasteiger partial charge on any atom is -0.263 e. The molecule has 0 amide bonds. The molecule has 0 aromatic carbocycles. The van der Waals surface area contributed by atoms with E-state index < -0.39 is 16.1 Å². The molecule has 1 atom stereocenters. The third kappa shape index (κ3) is 3.20. The summed E-state index contributed by atoms with van der Waals surface area (Å²) >= 11 is 0. The second-order valence-corrected chi connectivity index (χ2v) is 6.09. The summed E-state index contributed by atoms with van der Waals surface area (Å²) in [7, 11) is -3.61. The maximum Gasteiger partial charge on any atom is 0.242 e. The van der Waals surface area contributed by atoms with Gasteiger partial charge in [-0.2, -0.15) is 5.10 Å². The van der Waals surface area contributed by atoms with Crippen LogP contribution in [0, 0.1) is 0 Å². The van der Waals surface area contributed by atoms with Crippen LogP contribution in [0.4, 0.5) is 0 Å². The summed E-state index contributed by atoms with van der Waals surface area (Å²) in [5.41, 5.74) is 0. The molecule has 0 bridgehead atoms. The lowest BCUT2D eigenvalue weighted by atomic mass is 10.3. The van der Waals surface area contributed by atoms with Crippen LogP contribution in [0.25, 0.3) is 0 Å². The number of hydrogen-bond acceptors (Lipinski definition) is 5. The van der Waals surface area contributed by atoms with Crippen molar-refractivity contribution >= 4 is 10.0 Å². The Bertz CT molecular complexity index is 653. The number of aryl methyl sites for hydroxylation is 1. The lowest BCUT2D eigenvalue weighted by molar-refractivity contribution is 0.515. The zero-order valence-electron chi connectivity index (χ0n) is 11.4. The Balaban J connectivity index is 2.19. The molecule has 7 nitrogen and oxygen atoms in total. The topological polar surface area (TPSA) is 89.8 Å². The van der Waals surface area contributed by atoms with E-state index in [2.05, 4.69) is 19.8 Å². The SMILES string of the molecule is CCCn1ncnc1[C@H](C)NS(=O)(=O)c1cccnc1. The predicted octanol–water partition coefficient (Wildman–Crippen LogP) is 1.12. The molecule has 8 heteroatoms. The van der Waals surface area contributed by atoms with Gasteiger partial charge in [0.25, 0.3) is 0 Å². The van der Waals surface area contributed by atoms with Gasteiger partial charge in [0.1, 0.15) is 17.0 Å².